The first-order valence-electron chi connectivity index (χ1n) is 11.4. The third-order valence-electron chi connectivity index (χ3n) is 5.44. The third kappa shape index (κ3) is 6.91. The van der Waals surface area contributed by atoms with Crippen molar-refractivity contribution in [3.8, 4) is 5.75 Å². The van der Waals surface area contributed by atoms with Gasteiger partial charge in [0.05, 0.1) is 6.10 Å². The van der Waals surface area contributed by atoms with Gasteiger partial charge in [0.25, 0.3) is 11.8 Å². The van der Waals surface area contributed by atoms with Gasteiger partial charge in [0.1, 0.15) is 5.75 Å². The highest BCUT2D eigenvalue weighted by Crippen LogP contribution is 2.36. The maximum absolute atomic E-state index is 12.8. The smallest absolute Gasteiger partial charge is 0.414 e. The first-order valence-corrected chi connectivity index (χ1v) is 11.4. The summed E-state index contributed by atoms with van der Waals surface area (Å²) < 4.78 is 11.7. The number of rotatable bonds is 10. The van der Waals surface area contributed by atoms with Gasteiger partial charge in [-0.1, -0.05) is 54.6 Å². The van der Waals surface area contributed by atoms with Crippen LogP contribution in [0.25, 0.3) is 10.8 Å². The van der Waals surface area contributed by atoms with E-state index in [2.05, 4.69) is 5.32 Å². The number of alkyl carbamates (subject to hydrolysis) is 1. The normalized spacial score (nSPS) is 12.7. The topological polar surface area (TPSA) is 134 Å². The molecule has 0 aliphatic heterocycles. The molecule has 188 valence electrons. The number of allylic oxidation sites excluding steroid dienone is 1. The molecule has 0 heterocycles. The SMILES string of the molecule is CCO[C@@H](CC/C=C/C(=O)NO)[C@@H](OC(=O)NC(=O)c1ccccc1)c1ccc(O)c2ccccc12. The van der Waals surface area contributed by atoms with E-state index in [0.29, 0.717) is 41.3 Å². The molecule has 4 N–H and O–H groups in total. The zero-order chi connectivity index (χ0) is 25.9. The fraction of sp³-hybridized carbons (Fsp3) is 0.222. The van der Waals surface area contributed by atoms with Crippen molar-refractivity contribution in [2.45, 2.75) is 32.0 Å². The van der Waals surface area contributed by atoms with Crippen LogP contribution in [-0.4, -0.2) is 40.9 Å². The van der Waals surface area contributed by atoms with Crippen LogP contribution in [0.1, 0.15) is 41.8 Å². The molecule has 0 radical (unpaired) electrons. The Balaban J connectivity index is 1.91. The minimum atomic E-state index is -0.953. The number of hydrogen-bond acceptors (Lipinski definition) is 7. The van der Waals surface area contributed by atoms with Crippen LogP contribution >= 0.6 is 0 Å². The summed E-state index contributed by atoms with van der Waals surface area (Å²) in [6.45, 7) is 2.11. The number of hydrogen-bond donors (Lipinski definition) is 4. The van der Waals surface area contributed by atoms with Gasteiger partial charge in [-0.05, 0) is 43.4 Å². The van der Waals surface area contributed by atoms with Crippen LogP contribution < -0.4 is 10.8 Å². The minimum Gasteiger partial charge on any atom is -0.507 e. The van der Waals surface area contributed by atoms with Crippen molar-refractivity contribution in [1.29, 1.82) is 0 Å². The van der Waals surface area contributed by atoms with E-state index in [4.69, 9.17) is 14.7 Å². The van der Waals surface area contributed by atoms with Crippen LogP contribution in [0.4, 0.5) is 4.79 Å². The zero-order valence-electron chi connectivity index (χ0n) is 19.7. The van der Waals surface area contributed by atoms with Crippen molar-refractivity contribution in [3.63, 3.8) is 0 Å². The number of aromatic hydroxyl groups is 1. The number of amides is 3. The molecule has 0 fully saturated rings. The standard InChI is InChI=1S/C27H28N2O7/c1-2-35-23(14-8-9-15-24(31)29-34)25(21-16-17-22(30)20-13-7-6-12-19(20)21)36-27(33)28-26(32)18-10-4-3-5-11-18/h3-7,9-13,15-17,23,25,30,34H,2,8,14H2,1H3,(H,29,31)(H,28,32,33)/b15-9+/t23-,25-/m0/s1. The lowest BCUT2D eigenvalue weighted by atomic mass is 9.94. The van der Waals surface area contributed by atoms with Crippen molar-refractivity contribution >= 4 is 28.7 Å². The van der Waals surface area contributed by atoms with Gasteiger partial charge < -0.3 is 14.6 Å². The van der Waals surface area contributed by atoms with E-state index in [9.17, 15) is 19.5 Å². The van der Waals surface area contributed by atoms with E-state index >= 15 is 0 Å². The van der Waals surface area contributed by atoms with Crippen molar-refractivity contribution in [1.82, 2.24) is 10.8 Å². The van der Waals surface area contributed by atoms with Crippen molar-refractivity contribution in [3.05, 3.63) is 90.0 Å². The average molecular weight is 493 g/mol. The zero-order valence-corrected chi connectivity index (χ0v) is 19.7. The van der Waals surface area contributed by atoms with E-state index in [-0.39, 0.29) is 5.75 Å². The molecule has 0 saturated carbocycles. The number of phenols is 1. The van der Waals surface area contributed by atoms with Gasteiger partial charge in [-0.3, -0.25) is 20.1 Å². The number of benzene rings is 3. The van der Waals surface area contributed by atoms with Gasteiger partial charge in [-0.15, -0.1) is 0 Å². The van der Waals surface area contributed by atoms with E-state index < -0.39 is 30.1 Å². The molecule has 9 nitrogen and oxygen atoms in total. The Morgan fingerprint density at radius 3 is 2.36 bits per heavy atom. The van der Waals surface area contributed by atoms with Gasteiger partial charge in [0.2, 0.25) is 0 Å². The van der Waals surface area contributed by atoms with Crippen molar-refractivity contribution in [2.24, 2.45) is 0 Å². The summed E-state index contributed by atoms with van der Waals surface area (Å²) in [7, 11) is 0. The Hall–Kier alpha value is -4.21. The lowest BCUT2D eigenvalue weighted by Gasteiger charge is -2.28. The Morgan fingerprint density at radius 1 is 0.972 bits per heavy atom. The summed E-state index contributed by atoms with van der Waals surface area (Å²) in [5.74, 6) is -1.21. The number of ether oxygens (including phenoxy) is 2. The maximum atomic E-state index is 12.8. The van der Waals surface area contributed by atoms with E-state index in [0.717, 1.165) is 0 Å². The van der Waals surface area contributed by atoms with Crippen molar-refractivity contribution in [2.75, 3.05) is 6.61 Å². The number of fused-ring (bicyclic) bond motifs is 1. The summed E-state index contributed by atoms with van der Waals surface area (Å²) >= 11 is 0. The van der Waals surface area contributed by atoms with E-state index in [1.807, 2.05) is 0 Å². The highest BCUT2D eigenvalue weighted by Gasteiger charge is 2.30. The first kappa shape index (κ1) is 26.4. The molecule has 3 aromatic rings. The van der Waals surface area contributed by atoms with Crippen LogP contribution in [0.3, 0.4) is 0 Å². The second-order valence-corrected chi connectivity index (χ2v) is 7.82. The molecule has 0 bridgehead atoms. The molecule has 0 aromatic heterocycles. The molecular formula is C27H28N2O7. The number of phenolic OH excluding ortho intramolecular Hbond substituents is 1. The maximum Gasteiger partial charge on any atom is 0.414 e. The lowest BCUT2D eigenvalue weighted by molar-refractivity contribution is -0.124. The summed E-state index contributed by atoms with van der Waals surface area (Å²) in [6.07, 6.45) is 0.914. The van der Waals surface area contributed by atoms with Gasteiger partial charge in [0.15, 0.2) is 6.10 Å². The number of hydroxylamine groups is 1. The average Bonchev–Trinajstić information content (AvgIpc) is 2.90. The van der Waals surface area contributed by atoms with Crippen LogP contribution in [0.5, 0.6) is 5.75 Å². The summed E-state index contributed by atoms with van der Waals surface area (Å²) in [6, 6.07) is 18.5. The van der Waals surface area contributed by atoms with Gasteiger partial charge in [0, 0.05) is 29.2 Å². The molecule has 0 aliphatic carbocycles. The Labute approximate surface area is 208 Å². The molecule has 3 rings (SSSR count). The van der Waals surface area contributed by atoms with Crippen molar-refractivity contribution < 1.29 is 34.2 Å². The largest absolute Gasteiger partial charge is 0.507 e. The first-order chi connectivity index (χ1) is 17.4. The molecule has 2 atom stereocenters. The molecule has 0 saturated heterocycles. The third-order valence-corrected chi connectivity index (χ3v) is 5.44. The molecule has 0 spiro atoms. The Morgan fingerprint density at radius 2 is 1.67 bits per heavy atom. The molecule has 9 heteroatoms. The fourth-order valence-corrected chi connectivity index (χ4v) is 3.82. The van der Waals surface area contributed by atoms with Crippen LogP contribution in [0, 0.1) is 0 Å². The summed E-state index contributed by atoms with van der Waals surface area (Å²) in [4.78, 5) is 36.6. The van der Waals surface area contributed by atoms with E-state index in [1.165, 1.54) is 17.6 Å². The molecule has 0 aliphatic rings. The Bertz CT molecular complexity index is 1230. The number of nitrogens with one attached hydrogen (secondary N) is 2. The summed E-state index contributed by atoms with van der Waals surface area (Å²) in [5, 5.41) is 22.5. The highest BCUT2D eigenvalue weighted by atomic mass is 16.6. The van der Waals surface area contributed by atoms with Crippen LogP contribution in [-0.2, 0) is 14.3 Å². The van der Waals surface area contributed by atoms with Gasteiger partial charge >= 0.3 is 6.09 Å². The predicted octanol–water partition coefficient (Wildman–Crippen LogP) is 4.40. The highest BCUT2D eigenvalue weighted by molar-refractivity contribution is 6.03. The quantitative estimate of drug-likeness (QED) is 0.187. The molecule has 3 amide bonds. The van der Waals surface area contributed by atoms with Gasteiger partial charge in [-0.25, -0.2) is 10.3 Å². The molecule has 0 unspecified atom stereocenters. The summed E-state index contributed by atoms with van der Waals surface area (Å²) in [5.41, 5.74) is 2.40. The minimum absolute atomic E-state index is 0.0720. The second-order valence-electron chi connectivity index (χ2n) is 7.82. The number of carbonyl (C=O) groups excluding carboxylic acids is 3. The fourth-order valence-electron chi connectivity index (χ4n) is 3.82. The van der Waals surface area contributed by atoms with Gasteiger partial charge in [-0.2, -0.15) is 0 Å². The second kappa shape index (κ2) is 13.0. The monoisotopic (exact) mass is 492 g/mol. The predicted molar refractivity (Wildman–Crippen MR) is 132 cm³/mol. The molecular weight excluding hydrogens is 464 g/mol. The van der Waals surface area contributed by atoms with Crippen LogP contribution in [0.15, 0.2) is 78.9 Å². The number of carbonyl (C=O) groups is 3. The molecule has 36 heavy (non-hydrogen) atoms. The van der Waals surface area contributed by atoms with E-state index in [1.54, 1.807) is 73.7 Å². The number of imide groups is 1. The molecule has 3 aromatic carbocycles. The lowest BCUT2D eigenvalue weighted by Crippen LogP contribution is -2.35. The Kier molecular flexibility index (Phi) is 9.56. The van der Waals surface area contributed by atoms with Crippen LogP contribution in [0.2, 0.25) is 0 Å².